The van der Waals surface area contributed by atoms with E-state index in [1.165, 1.54) is 0 Å². The van der Waals surface area contributed by atoms with Crippen LogP contribution in [-0.4, -0.2) is 63.3 Å². The highest BCUT2D eigenvalue weighted by atomic mass is 16.2. The quantitative estimate of drug-likeness (QED) is 0.239. The van der Waals surface area contributed by atoms with Crippen LogP contribution in [0.1, 0.15) is 71.4 Å². The number of aromatic nitrogens is 2. The molecule has 0 spiro atoms. The maximum atomic E-state index is 13.5. The number of hydrogen-bond donors (Lipinski definition) is 2. The first-order valence-corrected chi connectivity index (χ1v) is 16.5. The summed E-state index contributed by atoms with van der Waals surface area (Å²) in [6, 6.07) is 17.3. The molecule has 2 saturated heterocycles. The van der Waals surface area contributed by atoms with Crippen LogP contribution in [0, 0.1) is 29.1 Å². The van der Waals surface area contributed by atoms with Crippen LogP contribution in [0.5, 0.6) is 0 Å². The molecular formula is C38H33N7O5. The third kappa shape index (κ3) is 5.75. The molecule has 0 bridgehead atoms. The van der Waals surface area contributed by atoms with Gasteiger partial charge in [-0.2, -0.15) is 10.4 Å². The van der Waals surface area contributed by atoms with Crippen molar-refractivity contribution >= 4 is 51.7 Å². The molecule has 7 rings (SSSR count). The Labute approximate surface area is 288 Å². The van der Waals surface area contributed by atoms with Crippen molar-refractivity contribution in [2.45, 2.75) is 51.1 Å². The Balaban J connectivity index is 0.977. The van der Waals surface area contributed by atoms with Crippen LogP contribution in [0.15, 0.2) is 67.0 Å². The van der Waals surface area contributed by atoms with Gasteiger partial charge in [0.2, 0.25) is 11.8 Å². The van der Waals surface area contributed by atoms with Crippen LogP contribution in [0.3, 0.4) is 0 Å². The first-order chi connectivity index (χ1) is 24.0. The first kappa shape index (κ1) is 32.3. The molecule has 3 aromatic carbocycles. The molecule has 2 fully saturated rings. The summed E-state index contributed by atoms with van der Waals surface area (Å²) in [5, 5.41) is 20.7. The summed E-state index contributed by atoms with van der Waals surface area (Å²) in [5.74, 6) is 4.36. The number of amides is 5. The van der Waals surface area contributed by atoms with Gasteiger partial charge in [-0.25, -0.2) is 0 Å². The van der Waals surface area contributed by atoms with Crippen molar-refractivity contribution in [3.63, 3.8) is 0 Å². The molecule has 12 nitrogen and oxygen atoms in total. The number of benzene rings is 3. The lowest BCUT2D eigenvalue weighted by molar-refractivity contribution is -0.136. The van der Waals surface area contributed by atoms with Gasteiger partial charge in [0.25, 0.3) is 17.7 Å². The molecule has 0 aliphatic carbocycles. The minimum atomic E-state index is -1.03. The molecule has 1 atom stereocenters. The first-order valence-electron chi connectivity index (χ1n) is 16.5. The largest absolute Gasteiger partial charge is 0.371 e. The summed E-state index contributed by atoms with van der Waals surface area (Å²) < 4.78 is 1.60. The van der Waals surface area contributed by atoms with Crippen molar-refractivity contribution in [3.8, 4) is 17.9 Å². The number of piperidine rings is 2. The standard InChI is InChI=1S/C38H33N7O5/c1-38(2,37(50)41-31-12-9-25(20-39)27-5-3-4-6-28(27)31)44-22-24(21-40-44)8-7-23-15-17-43(18-16-23)26-10-11-29-30(19-26)36(49)45(35(29)48)32-13-14-33(46)42-34(32)47/h3-6,9-12,19,21-23,32H,13-18H2,1-2H3,(H,41,50)(H,42,46,47). The Morgan fingerprint density at radius 3 is 2.44 bits per heavy atom. The number of carbonyl (C=O) groups is 5. The van der Waals surface area contributed by atoms with Gasteiger partial charge in [-0.1, -0.05) is 36.1 Å². The third-order valence-electron chi connectivity index (χ3n) is 9.71. The maximum Gasteiger partial charge on any atom is 0.262 e. The number of fused-ring (bicyclic) bond motifs is 2. The molecule has 0 saturated carbocycles. The highest BCUT2D eigenvalue weighted by Gasteiger charge is 2.44. The van der Waals surface area contributed by atoms with Gasteiger partial charge >= 0.3 is 0 Å². The molecule has 12 heteroatoms. The van der Waals surface area contributed by atoms with Crippen molar-refractivity contribution in [2.24, 2.45) is 5.92 Å². The van der Waals surface area contributed by atoms with Gasteiger partial charge < -0.3 is 10.2 Å². The zero-order valence-corrected chi connectivity index (χ0v) is 27.5. The lowest BCUT2D eigenvalue weighted by atomic mass is 9.96. The monoisotopic (exact) mass is 667 g/mol. The number of hydrogen-bond acceptors (Lipinski definition) is 8. The average Bonchev–Trinajstić information content (AvgIpc) is 3.70. The smallest absolute Gasteiger partial charge is 0.262 e. The molecule has 3 aliphatic heterocycles. The van der Waals surface area contributed by atoms with Crippen LogP contribution < -0.4 is 15.5 Å². The van der Waals surface area contributed by atoms with E-state index in [0.29, 0.717) is 29.9 Å². The number of nitrogens with one attached hydrogen (secondary N) is 2. The van der Waals surface area contributed by atoms with Gasteiger partial charge in [-0.3, -0.25) is 38.9 Å². The van der Waals surface area contributed by atoms with Crippen LogP contribution in [0.4, 0.5) is 11.4 Å². The summed E-state index contributed by atoms with van der Waals surface area (Å²) in [7, 11) is 0. The summed E-state index contributed by atoms with van der Waals surface area (Å²) in [6.07, 6.45) is 5.18. The highest BCUT2D eigenvalue weighted by Crippen LogP contribution is 2.32. The van der Waals surface area contributed by atoms with E-state index in [2.05, 4.69) is 38.5 Å². The predicted octanol–water partition coefficient (Wildman–Crippen LogP) is 3.95. The van der Waals surface area contributed by atoms with Crippen LogP contribution in [-0.2, 0) is 19.9 Å². The Morgan fingerprint density at radius 1 is 0.960 bits per heavy atom. The van der Waals surface area contributed by atoms with Gasteiger partial charge in [-0.15, -0.1) is 0 Å². The molecule has 3 aliphatic rings. The van der Waals surface area contributed by atoms with E-state index in [0.717, 1.165) is 34.2 Å². The molecule has 1 unspecified atom stereocenters. The number of anilines is 2. The second kappa shape index (κ2) is 12.6. The minimum Gasteiger partial charge on any atom is -0.371 e. The van der Waals surface area contributed by atoms with Crippen molar-refractivity contribution < 1.29 is 24.0 Å². The van der Waals surface area contributed by atoms with Gasteiger partial charge in [0.15, 0.2) is 0 Å². The maximum absolute atomic E-state index is 13.5. The molecule has 4 aromatic rings. The van der Waals surface area contributed by atoms with Gasteiger partial charge in [0, 0.05) is 53.8 Å². The Kier molecular flexibility index (Phi) is 8.16. The lowest BCUT2D eigenvalue weighted by Gasteiger charge is -2.32. The molecule has 2 N–H and O–H groups in total. The number of carbonyl (C=O) groups excluding carboxylic acids is 5. The summed E-state index contributed by atoms with van der Waals surface area (Å²) in [6.45, 7) is 4.97. The van der Waals surface area contributed by atoms with Crippen molar-refractivity contribution in [1.82, 2.24) is 20.0 Å². The van der Waals surface area contributed by atoms with Crippen molar-refractivity contribution in [1.29, 1.82) is 5.26 Å². The van der Waals surface area contributed by atoms with Crippen LogP contribution in [0.2, 0.25) is 0 Å². The van der Waals surface area contributed by atoms with Crippen molar-refractivity contribution in [2.75, 3.05) is 23.3 Å². The zero-order valence-electron chi connectivity index (χ0n) is 27.5. The van der Waals surface area contributed by atoms with Gasteiger partial charge in [0.05, 0.1) is 34.5 Å². The second-order valence-corrected chi connectivity index (χ2v) is 13.2. The molecule has 250 valence electrons. The molecular weight excluding hydrogens is 634 g/mol. The predicted molar refractivity (Wildman–Crippen MR) is 184 cm³/mol. The zero-order chi connectivity index (χ0) is 35.2. The average molecular weight is 668 g/mol. The van der Waals surface area contributed by atoms with E-state index in [1.54, 1.807) is 55.2 Å². The van der Waals surface area contributed by atoms with Crippen molar-refractivity contribution in [3.05, 3.63) is 89.2 Å². The summed E-state index contributed by atoms with van der Waals surface area (Å²) in [4.78, 5) is 66.9. The number of rotatable bonds is 5. The Bertz CT molecular complexity index is 2210. The van der Waals surface area contributed by atoms with E-state index in [4.69, 9.17) is 0 Å². The fourth-order valence-electron chi connectivity index (χ4n) is 6.70. The molecule has 1 aromatic heterocycles. The Morgan fingerprint density at radius 2 is 1.70 bits per heavy atom. The van der Waals surface area contributed by atoms with E-state index in [9.17, 15) is 29.2 Å². The number of nitriles is 1. The molecule has 5 amide bonds. The van der Waals surface area contributed by atoms with Gasteiger partial charge in [-0.05, 0) is 63.4 Å². The molecule has 50 heavy (non-hydrogen) atoms. The van der Waals surface area contributed by atoms with Gasteiger partial charge in [0.1, 0.15) is 11.6 Å². The SMILES string of the molecule is CC(C)(C(=O)Nc1ccc(C#N)c2ccccc12)n1cc(C#CC2CCN(c3ccc4c(c3)C(=O)N(C3CCC(=O)NC3=O)C4=O)CC2)cn1. The van der Waals surface area contributed by atoms with Crippen LogP contribution >= 0.6 is 0 Å². The fraction of sp³-hybridized carbons (Fsp3) is 0.289. The molecule has 4 heterocycles. The normalized spacial score (nSPS) is 18.0. The summed E-state index contributed by atoms with van der Waals surface area (Å²) in [5.41, 5.74) is 2.16. The fourth-order valence-corrected chi connectivity index (χ4v) is 6.70. The minimum absolute atomic E-state index is 0.0726. The third-order valence-corrected chi connectivity index (χ3v) is 9.71. The number of imide groups is 2. The van der Waals surface area contributed by atoms with Crippen LogP contribution in [0.25, 0.3) is 10.8 Å². The van der Waals surface area contributed by atoms with E-state index in [1.807, 2.05) is 30.3 Å². The lowest BCUT2D eigenvalue weighted by Crippen LogP contribution is -2.54. The summed E-state index contributed by atoms with van der Waals surface area (Å²) >= 11 is 0. The highest BCUT2D eigenvalue weighted by molar-refractivity contribution is 6.23. The number of nitrogens with zero attached hydrogens (tertiary/aromatic N) is 5. The topological polar surface area (TPSA) is 158 Å². The molecule has 0 radical (unpaired) electrons. The van der Waals surface area contributed by atoms with E-state index in [-0.39, 0.29) is 35.8 Å². The van der Waals surface area contributed by atoms with E-state index >= 15 is 0 Å². The van der Waals surface area contributed by atoms with E-state index < -0.39 is 35.2 Å². The Hall–Kier alpha value is -6.27. The second-order valence-electron chi connectivity index (χ2n) is 13.2.